The van der Waals surface area contributed by atoms with Crippen molar-refractivity contribution >= 4 is 15.9 Å². The molecule has 1 aliphatic heterocycles. The first-order valence-electron chi connectivity index (χ1n) is 7.44. The molecule has 0 bridgehead atoms. The second-order valence-corrected chi connectivity index (χ2v) is 6.56. The van der Waals surface area contributed by atoms with E-state index in [-0.39, 0.29) is 6.61 Å². The van der Waals surface area contributed by atoms with Crippen molar-refractivity contribution in [3.8, 4) is 0 Å². The normalized spacial score (nSPS) is 25.0. The van der Waals surface area contributed by atoms with Crippen LogP contribution in [0.5, 0.6) is 0 Å². The average molecular weight is 341 g/mol. The van der Waals surface area contributed by atoms with Crippen LogP contribution in [0.25, 0.3) is 0 Å². The number of aliphatic hydroxyl groups excluding tert-OH is 1. The van der Waals surface area contributed by atoms with Crippen LogP contribution in [0.2, 0.25) is 0 Å². The fraction of sp³-hybridized carbons (Fsp3) is 0.625. The zero-order valence-corrected chi connectivity index (χ0v) is 13.9. The Kier molecular flexibility index (Phi) is 6.02. The van der Waals surface area contributed by atoms with E-state index in [1.807, 2.05) is 13.1 Å². The van der Waals surface area contributed by atoms with Crippen molar-refractivity contribution in [3.05, 3.63) is 34.3 Å². The fourth-order valence-corrected chi connectivity index (χ4v) is 3.73. The van der Waals surface area contributed by atoms with E-state index in [0.29, 0.717) is 18.0 Å². The Balaban J connectivity index is 1.96. The minimum Gasteiger partial charge on any atom is -0.395 e. The maximum Gasteiger partial charge on any atom is 0.0589 e. The summed E-state index contributed by atoms with van der Waals surface area (Å²) in [5.41, 5.74) is 1.31. The van der Waals surface area contributed by atoms with E-state index in [9.17, 15) is 5.11 Å². The predicted octanol–water partition coefficient (Wildman–Crippen LogP) is 2.80. The summed E-state index contributed by atoms with van der Waals surface area (Å²) in [5, 5.41) is 12.9. The summed E-state index contributed by atoms with van der Waals surface area (Å²) in [5.74, 6) is 0.608. The van der Waals surface area contributed by atoms with Gasteiger partial charge in [0.1, 0.15) is 0 Å². The lowest BCUT2D eigenvalue weighted by molar-refractivity contribution is 0.135. The van der Waals surface area contributed by atoms with Crippen molar-refractivity contribution in [1.82, 2.24) is 10.2 Å². The highest BCUT2D eigenvalue weighted by atomic mass is 79.9. The van der Waals surface area contributed by atoms with Crippen LogP contribution in [0.4, 0.5) is 0 Å². The molecule has 0 spiro atoms. The maximum absolute atomic E-state index is 9.53. The van der Waals surface area contributed by atoms with Gasteiger partial charge in [-0.15, -0.1) is 0 Å². The van der Waals surface area contributed by atoms with Gasteiger partial charge in [0, 0.05) is 23.1 Å². The zero-order valence-electron chi connectivity index (χ0n) is 12.3. The Morgan fingerprint density at radius 3 is 2.85 bits per heavy atom. The molecule has 4 heteroatoms. The largest absolute Gasteiger partial charge is 0.395 e. The summed E-state index contributed by atoms with van der Waals surface area (Å²) in [7, 11) is 2.01. The van der Waals surface area contributed by atoms with E-state index in [0.717, 1.165) is 24.0 Å². The van der Waals surface area contributed by atoms with Crippen LogP contribution in [0, 0.1) is 5.92 Å². The van der Waals surface area contributed by atoms with E-state index >= 15 is 0 Å². The highest BCUT2D eigenvalue weighted by molar-refractivity contribution is 9.10. The van der Waals surface area contributed by atoms with Gasteiger partial charge in [-0.1, -0.05) is 41.1 Å². The topological polar surface area (TPSA) is 35.5 Å². The number of rotatable bonds is 6. The van der Waals surface area contributed by atoms with Gasteiger partial charge in [-0.2, -0.15) is 0 Å². The van der Waals surface area contributed by atoms with Crippen LogP contribution in [-0.2, 0) is 0 Å². The number of halogens is 1. The SMILES string of the molecule is CNC(CCN1CCC(C)C1CO)c1ccccc1Br. The lowest BCUT2D eigenvalue weighted by Crippen LogP contribution is -2.37. The summed E-state index contributed by atoms with van der Waals surface area (Å²) in [4.78, 5) is 2.44. The van der Waals surface area contributed by atoms with Gasteiger partial charge in [0.25, 0.3) is 0 Å². The number of nitrogens with zero attached hydrogens (tertiary/aromatic N) is 1. The Morgan fingerprint density at radius 2 is 2.20 bits per heavy atom. The molecular weight excluding hydrogens is 316 g/mol. The molecule has 2 N–H and O–H groups in total. The molecule has 1 aromatic rings. The van der Waals surface area contributed by atoms with Gasteiger partial charge in [0.15, 0.2) is 0 Å². The third-order valence-electron chi connectivity index (χ3n) is 4.52. The molecule has 0 amide bonds. The number of nitrogens with one attached hydrogen (secondary N) is 1. The predicted molar refractivity (Wildman–Crippen MR) is 86.8 cm³/mol. The Labute approximate surface area is 130 Å². The highest BCUT2D eigenvalue weighted by Gasteiger charge is 2.30. The quantitative estimate of drug-likeness (QED) is 0.835. The van der Waals surface area contributed by atoms with Gasteiger partial charge in [0.2, 0.25) is 0 Å². The summed E-state index contributed by atoms with van der Waals surface area (Å²) in [6, 6.07) is 9.08. The van der Waals surface area contributed by atoms with Crippen LogP contribution in [0.1, 0.15) is 31.4 Å². The Hall–Kier alpha value is -0.420. The van der Waals surface area contributed by atoms with Crippen LogP contribution < -0.4 is 5.32 Å². The van der Waals surface area contributed by atoms with Crippen LogP contribution in [0.15, 0.2) is 28.7 Å². The molecule has 1 heterocycles. The van der Waals surface area contributed by atoms with Crippen LogP contribution >= 0.6 is 15.9 Å². The molecule has 3 nitrogen and oxygen atoms in total. The minimum atomic E-state index is 0.278. The molecule has 3 unspecified atom stereocenters. The van der Waals surface area contributed by atoms with Crippen LogP contribution in [0.3, 0.4) is 0 Å². The summed E-state index contributed by atoms with van der Waals surface area (Å²) in [6.45, 7) is 4.66. The molecule has 1 fully saturated rings. The number of benzene rings is 1. The maximum atomic E-state index is 9.53. The molecule has 0 saturated carbocycles. The first-order chi connectivity index (χ1) is 9.67. The van der Waals surface area contributed by atoms with E-state index in [4.69, 9.17) is 0 Å². The fourth-order valence-electron chi connectivity index (χ4n) is 3.17. The molecule has 0 radical (unpaired) electrons. The van der Waals surface area contributed by atoms with Gasteiger partial charge in [-0.05, 0) is 44.0 Å². The summed E-state index contributed by atoms with van der Waals surface area (Å²) < 4.78 is 1.16. The lowest BCUT2D eigenvalue weighted by Gasteiger charge is -2.27. The van der Waals surface area contributed by atoms with Crippen molar-refractivity contribution in [1.29, 1.82) is 0 Å². The molecule has 1 aliphatic rings. The Bertz CT molecular complexity index is 427. The molecule has 2 rings (SSSR count). The molecule has 112 valence electrons. The van der Waals surface area contributed by atoms with E-state index < -0.39 is 0 Å². The van der Waals surface area contributed by atoms with Crippen molar-refractivity contribution in [3.63, 3.8) is 0 Å². The minimum absolute atomic E-state index is 0.278. The number of likely N-dealkylation sites (tertiary alicyclic amines) is 1. The van der Waals surface area contributed by atoms with Crippen molar-refractivity contribution in [2.24, 2.45) is 5.92 Å². The lowest BCUT2D eigenvalue weighted by atomic mass is 10.0. The van der Waals surface area contributed by atoms with E-state index in [2.05, 4.69) is 51.3 Å². The molecular formula is C16H25BrN2O. The van der Waals surface area contributed by atoms with Gasteiger partial charge >= 0.3 is 0 Å². The number of hydrogen-bond donors (Lipinski definition) is 2. The smallest absolute Gasteiger partial charge is 0.0589 e. The van der Waals surface area contributed by atoms with Crippen LogP contribution in [-0.4, -0.2) is 42.8 Å². The Morgan fingerprint density at radius 1 is 1.45 bits per heavy atom. The van der Waals surface area contributed by atoms with Gasteiger partial charge in [-0.3, -0.25) is 4.90 Å². The van der Waals surface area contributed by atoms with E-state index in [1.165, 1.54) is 12.0 Å². The first-order valence-corrected chi connectivity index (χ1v) is 8.23. The monoisotopic (exact) mass is 340 g/mol. The molecule has 3 atom stereocenters. The number of hydrogen-bond acceptors (Lipinski definition) is 3. The third kappa shape index (κ3) is 3.61. The number of aliphatic hydroxyl groups is 1. The van der Waals surface area contributed by atoms with Crippen molar-refractivity contribution < 1.29 is 5.11 Å². The third-order valence-corrected chi connectivity index (χ3v) is 5.24. The average Bonchev–Trinajstić information content (AvgIpc) is 2.81. The first kappa shape index (κ1) is 16.0. The van der Waals surface area contributed by atoms with E-state index in [1.54, 1.807) is 0 Å². The second-order valence-electron chi connectivity index (χ2n) is 5.70. The summed E-state index contributed by atoms with van der Waals surface area (Å²) in [6.07, 6.45) is 2.26. The standard InChI is InChI=1S/C16H25BrN2O/c1-12-7-9-19(16(12)11-20)10-8-15(18-2)13-5-3-4-6-14(13)17/h3-6,12,15-16,18,20H,7-11H2,1-2H3. The van der Waals surface area contributed by atoms with Crippen molar-refractivity contribution in [2.75, 3.05) is 26.7 Å². The second kappa shape index (κ2) is 7.55. The zero-order chi connectivity index (χ0) is 14.5. The molecule has 20 heavy (non-hydrogen) atoms. The van der Waals surface area contributed by atoms with Gasteiger partial charge in [0.05, 0.1) is 6.61 Å². The van der Waals surface area contributed by atoms with Crippen molar-refractivity contribution in [2.45, 2.75) is 31.8 Å². The molecule has 1 aromatic carbocycles. The highest BCUT2D eigenvalue weighted by Crippen LogP contribution is 2.28. The molecule has 1 saturated heterocycles. The summed E-state index contributed by atoms with van der Waals surface area (Å²) >= 11 is 3.63. The molecule has 0 aliphatic carbocycles. The van der Waals surface area contributed by atoms with Gasteiger partial charge < -0.3 is 10.4 Å². The van der Waals surface area contributed by atoms with Gasteiger partial charge in [-0.25, -0.2) is 0 Å². The molecule has 0 aromatic heterocycles.